The molecule has 1 aliphatic rings. The van der Waals surface area contributed by atoms with Crippen LogP contribution in [0.5, 0.6) is 0 Å². The lowest BCUT2D eigenvalue weighted by molar-refractivity contribution is -0.121. The van der Waals surface area contributed by atoms with Crippen LogP contribution in [0.4, 0.5) is 5.69 Å². The molecule has 0 bridgehead atoms. The Bertz CT molecular complexity index is 637. The number of carbonyl (C=O) groups is 2. The minimum Gasteiger partial charge on any atom is -0.370 e. The van der Waals surface area contributed by atoms with E-state index in [0.29, 0.717) is 5.69 Å². The van der Waals surface area contributed by atoms with E-state index in [1.807, 2.05) is 25.1 Å². The molecule has 1 heterocycles. The average Bonchev–Trinajstić information content (AvgIpc) is 2.68. The first kappa shape index (κ1) is 15.0. The first-order chi connectivity index (χ1) is 9.94. The lowest BCUT2D eigenvalue weighted by Crippen LogP contribution is -2.23. The van der Waals surface area contributed by atoms with E-state index in [9.17, 15) is 9.59 Å². The van der Waals surface area contributed by atoms with Crippen LogP contribution in [0.15, 0.2) is 34.3 Å². The molecule has 5 N–H and O–H groups in total. The third-order valence-corrected chi connectivity index (χ3v) is 3.67. The molecular formula is C13H15N5O2S. The number of guanidine groups is 1. The van der Waals surface area contributed by atoms with Gasteiger partial charge >= 0.3 is 0 Å². The van der Waals surface area contributed by atoms with Crippen LogP contribution in [0.1, 0.15) is 12.0 Å². The van der Waals surface area contributed by atoms with Crippen molar-refractivity contribution in [2.24, 2.45) is 21.5 Å². The quantitative estimate of drug-likeness (QED) is 0.557. The van der Waals surface area contributed by atoms with Crippen molar-refractivity contribution in [3.8, 4) is 0 Å². The molecule has 0 saturated heterocycles. The topological polar surface area (TPSA) is 123 Å². The van der Waals surface area contributed by atoms with Crippen LogP contribution in [-0.4, -0.2) is 28.2 Å². The van der Waals surface area contributed by atoms with Gasteiger partial charge in [0.1, 0.15) is 5.25 Å². The molecule has 8 heteroatoms. The van der Waals surface area contributed by atoms with Crippen LogP contribution in [0, 0.1) is 6.92 Å². The molecule has 1 aliphatic heterocycles. The summed E-state index contributed by atoms with van der Waals surface area (Å²) in [6.45, 7) is 1.93. The number of aliphatic imine (C=N–C) groups is 2. The lowest BCUT2D eigenvalue weighted by atomic mass is 10.2. The van der Waals surface area contributed by atoms with Gasteiger partial charge in [0.15, 0.2) is 11.1 Å². The van der Waals surface area contributed by atoms with Crippen molar-refractivity contribution in [1.82, 2.24) is 0 Å². The predicted molar refractivity (Wildman–Crippen MR) is 84.1 cm³/mol. The van der Waals surface area contributed by atoms with E-state index in [0.717, 1.165) is 17.3 Å². The Balaban J connectivity index is 1.93. The molecule has 0 radical (unpaired) electrons. The molecule has 0 saturated carbocycles. The van der Waals surface area contributed by atoms with Gasteiger partial charge in [-0.25, -0.2) is 0 Å². The number of hydrogen-bond acceptors (Lipinski definition) is 4. The molecule has 1 aromatic rings. The molecule has 110 valence electrons. The highest BCUT2D eigenvalue weighted by Gasteiger charge is 2.30. The van der Waals surface area contributed by atoms with Crippen LogP contribution in [0.2, 0.25) is 0 Å². The van der Waals surface area contributed by atoms with Gasteiger partial charge in [-0.15, -0.1) is 0 Å². The molecule has 21 heavy (non-hydrogen) atoms. The van der Waals surface area contributed by atoms with Crippen molar-refractivity contribution in [1.29, 1.82) is 0 Å². The summed E-state index contributed by atoms with van der Waals surface area (Å²) in [5.41, 5.74) is 12.2. The summed E-state index contributed by atoms with van der Waals surface area (Å²) in [4.78, 5) is 31.0. The Hall–Kier alpha value is -2.35. The molecule has 7 nitrogen and oxygen atoms in total. The number of nitrogens with zero attached hydrogens (tertiary/aromatic N) is 2. The maximum Gasteiger partial charge on any atom is 0.262 e. The van der Waals surface area contributed by atoms with Gasteiger partial charge in [-0.2, -0.15) is 9.98 Å². The van der Waals surface area contributed by atoms with Crippen LogP contribution < -0.4 is 16.8 Å². The van der Waals surface area contributed by atoms with Crippen LogP contribution >= 0.6 is 11.8 Å². The highest BCUT2D eigenvalue weighted by atomic mass is 32.2. The number of thioether (sulfide) groups is 1. The molecule has 0 aliphatic carbocycles. The molecule has 2 rings (SSSR count). The Labute approximate surface area is 125 Å². The average molecular weight is 305 g/mol. The summed E-state index contributed by atoms with van der Waals surface area (Å²) in [7, 11) is 0. The summed E-state index contributed by atoms with van der Waals surface area (Å²) in [5, 5.41) is 2.34. The monoisotopic (exact) mass is 305 g/mol. The summed E-state index contributed by atoms with van der Waals surface area (Å²) < 4.78 is 0. The molecule has 0 unspecified atom stereocenters. The van der Waals surface area contributed by atoms with Crippen LogP contribution in [0.25, 0.3) is 0 Å². The van der Waals surface area contributed by atoms with Gasteiger partial charge in [-0.05, 0) is 24.6 Å². The van der Waals surface area contributed by atoms with Gasteiger partial charge in [0, 0.05) is 12.1 Å². The number of nitrogens with one attached hydrogen (secondary N) is 1. The zero-order valence-corrected chi connectivity index (χ0v) is 12.2. The first-order valence-electron chi connectivity index (χ1n) is 6.19. The normalized spacial score (nSPS) is 17.3. The second-order valence-electron chi connectivity index (χ2n) is 4.50. The minimum absolute atomic E-state index is 0.0183. The maximum atomic E-state index is 11.9. The summed E-state index contributed by atoms with van der Waals surface area (Å²) in [6, 6.07) is 7.42. The Morgan fingerprint density at radius 2 is 2.24 bits per heavy atom. The SMILES string of the molecule is Cc1cccc(NC(=O)C[C@@H]2SC(N=C(N)N)=NC2=O)c1. The molecule has 0 aromatic heterocycles. The van der Waals surface area contributed by atoms with E-state index in [4.69, 9.17) is 11.5 Å². The van der Waals surface area contributed by atoms with Crippen molar-refractivity contribution in [3.05, 3.63) is 29.8 Å². The second-order valence-corrected chi connectivity index (χ2v) is 5.67. The number of nitrogens with two attached hydrogens (primary N) is 2. The summed E-state index contributed by atoms with van der Waals surface area (Å²) >= 11 is 1.08. The molecule has 0 spiro atoms. The number of rotatable bonds is 3. The predicted octanol–water partition coefficient (Wildman–Crippen LogP) is 0.595. The van der Waals surface area contributed by atoms with Crippen molar-refractivity contribution in [2.45, 2.75) is 18.6 Å². The molecular weight excluding hydrogens is 290 g/mol. The number of anilines is 1. The molecule has 0 fully saturated rings. The first-order valence-corrected chi connectivity index (χ1v) is 7.07. The third-order valence-electron chi connectivity index (χ3n) is 2.63. The van der Waals surface area contributed by atoms with Crippen LogP contribution in [0.3, 0.4) is 0 Å². The number of benzene rings is 1. The Morgan fingerprint density at radius 1 is 1.48 bits per heavy atom. The van der Waals surface area contributed by atoms with Crippen LogP contribution in [-0.2, 0) is 9.59 Å². The number of hydrogen-bond donors (Lipinski definition) is 3. The number of amides is 2. The van der Waals surface area contributed by atoms with Gasteiger partial charge in [0.25, 0.3) is 5.91 Å². The van der Waals surface area contributed by atoms with Gasteiger partial charge in [0.2, 0.25) is 5.91 Å². The summed E-state index contributed by atoms with van der Waals surface area (Å²) in [5.74, 6) is -0.828. The van der Waals surface area contributed by atoms with E-state index in [-0.39, 0.29) is 23.5 Å². The van der Waals surface area contributed by atoms with E-state index >= 15 is 0 Å². The van der Waals surface area contributed by atoms with E-state index < -0.39 is 11.2 Å². The Morgan fingerprint density at radius 3 is 2.90 bits per heavy atom. The number of aryl methyl sites for hydroxylation is 1. The fourth-order valence-electron chi connectivity index (χ4n) is 1.76. The Kier molecular flexibility index (Phi) is 4.59. The molecule has 1 atom stereocenters. The molecule has 1 aromatic carbocycles. The largest absolute Gasteiger partial charge is 0.370 e. The van der Waals surface area contributed by atoms with Crippen molar-refractivity contribution in [3.63, 3.8) is 0 Å². The molecule has 2 amide bonds. The minimum atomic E-state index is -0.590. The highest BCUT2D eigenvalue weighted by Crippen LogP contribution is 2.26. The standard InChI is InChI=1S/C13H15N5O2S/c1-7-3-2-4-8(5-7)16-10(19)6-9-11(20)17-13(21-9)18-12(14)15/h2-5,9H,6H2,1H3,(H,16,19)(H4,14,15,17,18,20)/t9-/m0/s1. The van der Waals surface area contributed by atoms with E-state index in [2.05, 4.69) is 15.3 Å². The van der Waals surface area contributed by atoms with E-state index in [1.165, 1.54) is 0 Å². The zero-order chi connectivity index (χ0) is 15.4. The summed E-state index contributed by atoms with van der Waals surface area (Å²) in [6.07, 6.45) is 0.0183. The highest BCUT2D eigenvalue weighted by molar-refractivity contribution is 8.15. The van der Waals surface area contributed by atoms with Gasteiger partial charge < -0.3 is 16.8 Å². The fraction of sp³-hybridized carbons (Fsp3) is 0.231. The fourth-order valence-corrected chi connectivity index (χ4v) is 2.71. The smallest absolute Gasteiger partial charge is 0.262 e. The third kappa shape index (κ3) is 4.32. The van der Waals surface area contributed by atoms with Crippen molar-refractivity contribution >= 4 is 40.4 Å². The van der Waals surface area contributed by atoms with Crippen molar-refractivity contribution < 1.29 is 9.59 Å². The maximum absolute atomic E-state index is 11.9. The van der Waals surface area contributed by atoms with Gasteiger partial charge in [-0.1, -0.05) is 23.9 Å². The van der Waals surface area contributed by atoms with Gasteiger partial charge in [0.05, 0.1) is 0 Å². The van der Waals surface area contributed by atoms with Crippen molar-refractivity contribution in [2.75, 3.05) is 5.32 Å². The van der Waals surface area contributed by atoms with E-state index in [1.54, 1.807) is 6.07 Å². The number of amidine groups is 1. The second kappa shape index (κ2) is 6.40. The zero-order valence-electron chi connectivity index (χ0n) is 11.4. The van der Waals surface area contributed by atoms with Gasteiger partial charge in [-0.3, -0.25) is 9.59 Å². The number of carbonyl (C=O) groups excluding carboxylic acids is 2. The lowest BCUT2D eigenvalue weighted by Gasteiger charge is -2.08.